The first-order chi connectivity index (χ1) is 7.65. The molecule has 94 valence electrons. The summed E-state index contributed by atoms with van der Waals surface area (Å²) in [5.41, 5.74) is 0. The molecule has 0 aromatic carbocycles. The largest absolute Gasteiger partial charge is 0.395 e. The second-order valence-electron chi connectivity index (χ2n) is 3.81. The molecule has 0 aromatic heterocycles. The number of halogens is 2. The van der Waals surface area contributed by atoms with Gasteiger partial charge in [0, 0.05) is 13.2 Å². The number of aliphatic hydroxyl groups excluding tert-OH is 1. The summed E-state index contributed by atoms with van der Waals surface area (Å²) >= 11 is 0. The topological polar surface area (TPSA) is 49.8 Å². The van der Waals surface area contributed by atoms with E-state index in [-0.39, 0.29) is 25.0 Å². The molecule has 1 rings (SSSR count). The Bertz CT molecular complexity index is 220. The number of hydrogen-bond donors (Lipinski definition) is 1. The molecular formula is C10H17F2NO3. The number of nitrogens with zero attached hydrogens (tertiary/aromatic N) is 1. The summed E-state index contributed by atoms with van der Waals surface area (Å²) in [7, 11) is 0. The zero-order chi connectivity index (χ0) is 12.0. The quantitative estimate of drug-likeness (QED) is 0.757. The van der Waals surface area contributed by atoms with Crippen LogP contribution in [0.4, 0.5) is 8.78 Å². The Morgan fingerprint density at radius 2 is 2.31 bits per heavy atom. The lowest BCUT2D eigenvalue weighted by molar-refractivity contribution is -0.142. The van der Waals surface area contributed by atoms with Crippen molar-refractivity contribution < 1.29 is 23.4 Å². The van der Waals surface area contributed by atoms with Gasteiger partial charge in [0.15, 0.2) is 0 Å². The Hall–Kier alpha value is -0.750. The predicted molar refractivity (Wildman–Crippen MR) is 53.2 cm³/mol. The van der Waals surface area contributed by atoms with Crippen LogP contribution in [0, 0.1) is 5.92 Å². The van der Waals surface area contributed by atoms with Crippen LogP contribution in [0.5, 0.6) is 0 Å². The molecule has 0 aromatic rings. The summed E-state index contributed by atoms with van der Waals surface area (Å²) in [6.07, 6.45) is -1.12. The van der Waals surface area contributed by atoms with Crippen molar-refractivity contribution in [3.63, 3.8) is 0 Å². The van der Waals surface area contributed by atoms with Crippen molar-refractivity contribution in [1.82, 2.24) is 4.90 Å². The first-order valence-electron chi connectivity index (χ1n) is 5.40. The van der Waals surface area contributed by atoms with Crippen LogP contribution < -0.4 is 0 Å². The van der Waals surface area contributed by atoms with E-state index in [1.54, 1.807) is 0 Å². The standard InChI is InChI=1S/C10H17F2NO3/c11-9(12)6-13(3-4-14)10(15)8-2-1-5-16-7-8/h8-9,14H,1-7H2. The van der Waals surface area contributed by atoms with Crippen molar-refractivity contribution in [2.45, 2.75) is 19.3 Å². The molecule has 1 aliphatic rings. The monoisotopic (exact) mass is 237 g/mol. The van der Waals surface area contributed by atoms with Gasteiger partial charge in [0.2, 0.25) is 5.91 Å². The highest BCUT2D eigenvalue weighted by molar-refractivity contribution is 5.79. The average Bonchev–Trinajstić information content (AvgIpc) is 2.28. The molecule has 1 fully saturated rings. The van der Waals surface area contributed by atoms with Crippen molar-refractivity contribution in [3.05, 3.63) is 0 Å². The van der Waals surface area contributed by atoms with E-state index in [4.69, 9.17) is 9.84 Å². The summed E-state index contributed by atoms with van der Waals surface area (Å²) in [6, 6.07) is 0. The number of carbonyl (C=O) groups excluding carboxylic acids is 1. The van der Waals surface area contributed by atoms with Gasteiger partial charge < -0.3 is 14.7 Å². The van der Waals surface area contributed by atoms with Crippen molar-refractivity contribution in [3.8, 4) is 0 Å². The van der Waals surface area contributed by atoms with Gasteiger partial charge in [0.1, 0.15) is 0 Å². The molecule has 1 saturated heterocycles. The molecule has 1 aliphatic heterocycles. The van der Waals surface area contributed by atoms with E-state index in [9.17, 15) is 13.6 Å². The molecule has 0 bridgehead atoms. The van der Waals surface area contributed by atoms with E-state index in [0.717, 1.165) is 11.3 Å². The number of amides is 1. The molecule has 0 saturated carbocycles. The second kappa shape index (κ2) is 6.75. The zero-order valence-corrected chi connectivity index (χ0v) is 9.07. The Morgan fingerprint density at radius 3 is 2.81 bits per heavy atom. The minimum absolute atomic E-state index is 0.0420. The first-order valence-corrected chi connectivity index (χ1v) is 5.40. The molecule has 0 spiro atoms. The normalized spacial score (nSPS) is 21.1. The smallest absolute Gasteiger partial charge is 0.255 e. The highest BCUT2D eigenvalue weighted by atomic mass is 19.3. The SMILES string of the molecule is O=C(C1CCCOC1)N(CCO)CC(F)F. The van der Waals surface area contributed by atoms with Gasteiger partial charge in [-0.2, -0.15) is 0 Å². The summed E-state index contributed by atoms with van der Waals surface area (Å²) < 4.78 is 29.6. The summed E-state index contributed by atoms with van der Waals surface area (Å²) in [5, 5.41) is 8.73. The van der Waals surface area contributed by atoms with E-state index >= 15 is 0 Å². The minimum atomic E-state index is -2.57. The second-order valence-corrected chi connectivity index (χ2v) is 3.81. The van der Waals surface area contributed by atoms with Gasteiger partial charge in [0.25, 0.3) is 6.43 Å². The van der Waals surface area contributed by atoms with E-state index < -0.39 is 13.0 Å². The van der Waals surface area contributed by atoms with Crippen LogP contribution in [0.2, 0.25) is 0 Å². The molecule has 6 heteroatoms. The highest BCUT2D eigenvalue weighted by Gasteiger charge is 2.27. The summed E-state index contributed by atoms with van der Waals surface area (Å²) in [4.78, 5) is 12.8. The van der Waals surface area contributed by atoms with Crippen molar-refractivity contribution in [2.24, 2.45) is 5.92 Å². The minimum Gasteiger partial charge on any atom is -0.395 e. The molecular weight excluding hydrogens is 220 g/mol. The molecule has 1 N–H and O–H groups in total. The number of alkyl halides is 2. The Balaban J connectivity index is 2.50. The molecule has 0 aliphatic carbocycles. The third-order valence-electron chi connectivity index (χ3n) is 2.55. The van der Waals surface area contributed by atoms with Crippen LogP contribution in [0.1, 0.15) is 12.8 Å². The summed E-state index contributed by atoms with van der Waals surface area (Å²) in [6.45, 7) is -0.0375. The number of aliphatic hydroxyl groups is 1. The maximum absolute atomic E-state index is 12.2. The van der Waals surface area contributed by atoms with Gasteiger partial charge in [-0.05, 0) is 12.8 Å². The molecule has 1 heterocycles. The third-order valence-corrected chi connectivity index (χ3v) is 2.55. The molecule has 0 radical (unpaired) electrons. The lowest BCUT2D eigenvalue weighted by Crippen LogP contribution is -2.43. The van der Waals surface area contributed by atoms with Gasteiger partial charge >= 0.3 is 0 Å². The summed E-state index contributed by atoms with van der Waals surface area (Å²) in [5.74, 6) is -0.673. The van der Waals surface area contributed by atoms with Gasteiger partial charge in [-0.1, -0.05) is 0 Å². The van der Waals surface area contributed by atoms with E-state index in [0.29, 0.717) is 19.6 Å². The van der Waals surface area contributed by atoms with Crippen LogP contribution in [0.15, 0.2) is 0 Å². The lowest BCUT2D eigenvalue weighted by Gasteiger charge is -2.28. The number of hydrogen-bond acceptors (Lipinski definition) is 3. The van der Waals surface area contributed by atoms with Crippen molar-refractivity contribution >= 4 is 5.91 Å². The number of ether oxygens (including phenoxy) is 1. The van der Waals surface area contributed by atoms with Gasteiger partial charge in [-0.3, -0.25) is 4.79 Å². The van der Waals surface area contributed by atoms with Crippen LogP contribution >= 0.6 is 0 Å². The van der Waals surface area contributed by atoms with Crippen molar-refractivity contribution in [2.75, 3.05) is 32.9 Å². The molecule has 4 nitrogen and oxygen atoms in total. The molecule has 1 unspecified atom stereocenters. The van der Waals surface area contributed by atoms with Gasteiger partial charge in [-0.25, -0.2) is 8.78 Å². The molecule has 1 atom stereocenters. The van der Waals surface area contributed by atoms with Crippen molar-refractivity contribution in [1.29, 1.82) is 0 Å². The van der Waals surface area contributed by atoms with Crippen LogP contribution in [-0.4, -0.2) is 55.2 Å². The highest BCUT2D eigenvalue weighted by Crippen LogP contribution is 2.16. The Kier molecular flexibility index (Phi) is 5.62. The predicted octanol–water partition coefficient (Wildman–Crippen LogP) is 0.499. The zero-order valence-electron chi connectivity index (χ0n) is 9.07. The average molecular weight is 237 g/mol. The van der Waals surface area contributed by atoms with Crippen LogP contribution in [-0.2, 0) is 9.53 Å². The fourth-order valence-corrected chi connectivity index (χ4v) is 1.77. The maximum Gasteiger partial charge on any atom is 0.255 e. The first kappa shape index (κ1) is 13.3. The number of rotatable bonds is 5. The Morgan fingerprint density at radius 1 is 1.56 bits per heavy atom. The fraction of sp³-hybridized carbons (Fsp3) is 0.900. The van der Waals surface area contributed by atoms with Gasteiger partial charge in [0.05, 0.1) is 25.7 Å². The Labute approximate surface area is 93.2 Å². The lowest BCUT2D eigenvalue weighted by atomic mass is 10.0. The van der Waals surface area contributed by atoms with Crippen LogP contribution in [0.3, 0.4) is 0 Å². The molecule has 16 heavy (non-hydrogen) atoms. The van der Waals surface area contributed by atoms with E-state index in [2.05, 4.69) is 0 Å². The van der Waals surface area contributed by atoms with Gasteiger partial charge in [-0.15, -0.1) is 0 Å². The maximum atomic E-state index is 12.2. The van der Waals surface area contributed by atoms with E-state index in [1.807, 2.05) is 0 Å². The number of carbonyl (C=O) groups is 1. The third kappa shape index (κ3) is 4.02. The molecule has 1 amide bonds. The van der Waals surface area contributed by atoms with Crippen LogP contribution in [0.25, 0.3) is 0 Å². The fourth-order valence-electron chi connectivity index (χ4n) is 1.77. The van der Waals surface area contributed by atoms with E-state index in [1.165, 1.54) is 0 Å².